The Kier molecular flexibility index (Phi) is 6.88. The van der Waals surface area contributed by atoms with Gasteiger partial charge in [-0.15, -0.1) is 0 Å². The second-order valence-corrected chi connectivity index (χ2v) is 10.1. The lowest BCUT2D eigenvalue weighted by Crippen LogP contribution is -2.64. The highest BCUT2D eigenvalue weighted by Crippen LogP contribution is 2.44. The Balaban J connectivity index is 1.43. The summed E-state index contributed by atoms with van der Waals surface area (Å²) in [6.45, 7) is 5.39. The van der Waals surface area contributed by atoms with Crippen LogP contribution in [0.25, 0.3) is 11.1 Å². The molecule has 0 radical (unpaired) electrons. The number of rotatable bonds is 7. The van der Waals surface area contributed by atoms with E-state index in [4.69, 9.17) is 4.74 Å². The number of fused-ring (bicyclic) bond motifs is 3. The van der Waals surface area contributed by atoms with Crippen molar-refractivity contribution in [2.24, 2.45) is 5.92 Å². The molecule has 2 aliphatic rings. The molecule has 35 heavy (non-hydrogen) atoms. The number of aliphatic carboxylic acids is 1. The maximum Gasteiger partial charge on any atom is 0.408 e. The van der Waals surface area contributed by atoms with E-state index in [1.807, 2.05) is 24.3 Å². The van der Waals surface area contributed by atoms with Crippen LogP contribution in [0.15, 0.2) is 48.5 Å². The predicted molar refractivity (Wildman–Crippen MR) is 133 cm³/mol. The minimum absolute atomic E-state index is 0.0765. The third-order valence-electron chi connectivity index (χ3n) is 7.84. The Bertz CT molecular complexity index is 1090. The van der Waals surface area contributed by atoms with E-state index in [0.29, 0.717) is 19.3 Å². The third-order valence-corrected chi connectivity index (χ3v) is 7.84. The highest BCUT2D eigenvalue weighted by Gasteiger charge is 2.45. The van der Waals surface area contributed by atoms with Crippen LogP contribution in [0.1, 0.15) is 69.9 Å². The van der Waals surface area contributed by atoms with Crippen molar-refractivity contribution in [2.45, 2.75) is 69.9 Å². The van der Waals surface area contributed by atoms with E-state index >= 15 is 0 Å². The van der Waals surface area contributed by atoms with Gasteiger partial charge in [0.15, 0.2) is 0 Å². The van der Waals surface area contributed by atoms with Crippen LogP contribution in [0.2, 0.25) is 0 Å². The standard InChI is InChI=1S/C28H34N2O5/c1-4-27(2,25(33)29-28(3)16-10-9-15-23(28)24(31)32)30-26(34)35-17-22-20-13-7-5-11-18(20)19-12-6-8-14-21(19)22/h5-8,11-14,22-23H,4,9-10,15-17H2,1-3H3,(H,29,33)(H,30,34)(H,31,32). The molecule has 0 spiro atoms. The number of ether oxygens (including phenoxy) is 1. The first kappa shape index (κ1) is 24.8. The topological polar surface area (TPSA) is 105 Å². The van der Waals surface area contributed by atoms with Crippen molar-refractivity contribution in [1.82, 2.24) is 10.6 Å². The lowest BCUT2D eigenvalue weighted by molar-refractivity contribution is -0.147. The van der Waals surface area contributed by atoms with Crippen LogP contribution in [0.4, 0.5) is 4.79 Å². The van der Waals surface area contributed by atoms with Crippen molar-refractivity contribution in [3.05, 3.63) is 59.7 Å². The quantitative estimate of drug-likeness (QED) is 0.528. The average Bonchev–Trinajstić information content (AvgIpc) is 3.16. The van der Waals surface area contributed by atoms with E-state index in [9.17, 15) is 19.5 Å². The number of nitrogens with one attached hydrogen (secondary N) is 2. The molecular weight excluding hydrogens is 444 g/mol. The van der Waals surface area contributed by atoms with Gasteiger partial charge < -0.3 is 20.5 Å². The fraction of sp³-hybridized carbons (Fsp3) is 0.464. The Morgan fingerprint density at radius 2 is 1.66 bits per heavy atom. The van der Waals surface area contributed by atoms with Crippen molar-refractivity contribution < 1.29 is 24.2 Å². The van der Waals surface area contributed by atoms with Gasteiger partial charge in [-0.05, 0) is 55.4 Å². The van der Waals surface area contributed by atoms with E-state index in [2.05, 4.69) is 34.9 Å². The molecule has 2 aromatic rings. The van der Waals surface area contributed by atoms with Crippen molar-refractivity contribution in [3.8, 4) is 11.1 Å². The van der Waals surface area contributed by atoms with Crippen LogP contribution in [0.5, 0.6) is 0 Å². The molecule has 4 rings (SSSR count). The summed E-state index contributed by atoms with van der Waals surface area (Å²) in [6.07, 6.45) is 2.44. The number of amides is 2. The number of alkyl carbamates (subject to hydrolysis) is 1. The molecule has 2 amide bonds. The van der Waals surface area contributed by atoms with Crippen LogP contribution >= 0.6 is 0 Å². The lowest BCUT2D eigenvalue weighted by atomic mass is 9.73. The molecule has 0 bridgehead atoms. The molecule has 3 N–H and O–H groups in total. The summed E-state index contributed by atoms with van der Waals surface area (Å²) in [7, 11) is 0. The number of hydrogen-bond donors (Lipinski definition) is 3. The van der Waals surface area contributed by atoms with Crippen LogP contribution in [0, 0.1) is 5.92 Å². The van der Waals surface area contributed by atoms with E-state index in [-0.39, 0.29) is 12.5 Å². The molecule has 3 unspecified atom stereocenters. The Labute approximate surface area is 206 Å². The number of carboxylic acid groups (broad SMARTS) is 1. The number of carboxylic acids is 1. The molecule has 0 saturated heterocycles. The summed E-state index contributed by atoms with van der Waals surface area (Å²) in [5.74, 6) is -2.04. The van der Waals surface area contributed by atoms with E-state index < -0.39 is 35.0 Å². The van der Waals surface area contributed by atoms with Gasteiger partial charge in [-0.1, -0.05) is 68.3 Å². The van der Waals surface area contributed by atoms with Gasteiger partial charge in [0.05, 0.1) is 11.5 Å². The molecule has 2 aromatic carbocycles. The van der Waals surface area contributed by atoms with E-state index in [1.165, 1.54) is 0 Å². The molecule has 186 valence electrons. The first-order chi connectivity index (χ1) is 16.7. The third kappa shape index (κ3) is 4.77. The Morgan fingerprint density at radius 1 is 1.06 bits per heavy atom. The van der Waals surface area contributed by atoms with Crippen LogP contribution < -0.4 is 10.6 Å². The first-order valence-electron chi connectivity index (χ1n) is 12.4. The second kappa shape index (κ2) is 9.72. The van der Waals surface area contributed by atoms with Gasteiger partial charge in [0.1, 0.15) is 12.1 Å². The van der Waals surface area contributed by atoms with Crippen molar-refractivity contribution in [3.63, 3.8) is 0 Å². The van der Waals surface area contributed by atoms with Gasteiger partial charge >= 0.3 is 12.1 Å². The minimum Gasteiger partial charge on any atom is -0.481 e. The van der Waals surface area contributed by atoms with Crippen LogP contribution in [-0.4, -0.2) is 40.8 Å². The summed E-state index contributed by atoms with van der Waals surface area (Å²) >= 11 is 0. The molecule has 0 heterocycles. The van der Waals surface area contributed by atoms with Crippen LogP contribution in [0.3, 0.4) is 0 Å². The average molecular weight is 479 g/mol. The number of hydrogen-bond acceptors (Lipinski definition) is 4. The molecule has 0 aromatic heterocycles. The van der Waals surface area contributed by atoms with Crippen molar-refractivity contribution in [2.75, 3.05) is 6.61 Å². The maximum atomic E-state index is 13.3. The zero-order valence-electron chi connectivity index (χ0n) is 20.6. The largest absolute Gasteiger partial charge is 0.481 e. The van der Waals surface area contributed by atoms with Crippen LogP contribution in [-0.2, 0) is 14.3 Å². The molecule has 7 nitrogen and oxygen atoms in total. The maximum absolute atomic E-state index is 13.3. The summed E-state index contributed by atoms with van der Waals surface area (Å²) in [6, 6.07) is 16.2. The normalized spacial score (nSPS) is 22.9. The molecule has 3 atom stereocenters. The Morgan fingerprint density at radius 3 is 2.23 bits per heavy atom. The fourth-order valence-electron chi connectivity index (χ4n) is 5.44. The molecule has 2 aliphatic carbocycles. The number of carbonyl (C=O) groups is 3. The lowest BCUT2D eigenvalue weighted by Gasteiger charge is -2.42. The van der Waals surface area contributed by atoms with Gasteiger partial charge in [-0.3, -0.25) is 9.59 Å². The van der Waals surface area contributed by atoms with E-state index in [1.54, 1.807) is 20.8 Å². The molecule has 7 heteroatoms. The molecule has 0 aliphatic heterocycles. The Hall–Kier alpha value is -3.35. The molecular formula is C28H34N2O5. The summed E-state index contributed by atoms with van der Waals surface area (Å²) in [5, 5.41) is 15.4. The zero-order chi connectivity index (χ0) is 25.2. The monoisotopic (exact) mass is 478 g/mol. The first-order valence-corrected chi connectivity index (χ1v) is 12.4. The highest BCUT2D eigenvalue weighted by atomic mass is 16.5. The van der Waals surface area contributed by atoms with Gasteiger partial charge in [0, 0.05) is 5.92 Å². The number of benzene rings is 2. The smallest absolute Gasteiger partial charge is 0.408 e. The zero-order valence-corrected chi connectivity index (χ0v) is 20.6. The van der Waals surface area contributed by atoms with Crippen molar-refractivity contribution >= 4 is 18.0 Å². The molecule has 1 fully saturated rings. The summed E-state index contributed by atoms with van der Waals surface area (Å²) in [4.78, 5) is 37.9. The minimum atomic E-state index is -1.23. The fourth-order valence-corrected chi connectivity index (χ4v) is 5.44. The molecule has 1 saturated carbocycles. The second-order valence-electron chi connectivity index (χ2n) is 10.1. The van der Waals surface area contributed by atoms with Gasteiger partial charge in [0.25, 0.3) is 0 Å². The van der Waals surface area contributed by atoms with E-state index in [0.717, 1.165) is 35.1 Å². The van der Waals surface area contributed by atoms with Gasteiger partial charge in [-0.2, -0.15) is 0 Å². The highest BCUT2D eigenvalue weighted by molar-refractivity contribution is 5.90. The number of carbonyl (C=O) groups excluding carboxylic acids is 2. The summed E-state index contributed by atoms with van der Waals surface area (Å²) in [5.41, 5.74) is 2.42. The van der Waals surface area contributed by atoms with Gasteiger partial charge in [-0.25, -0.2) is 4.79 Å². The predicted octanol–water partition coefficient (Wildman–Crippen LogP) is 4.84. The van der Waals surface area contributed by atoms with Crippen molar-refractivity contribution in [1.29, 1.82) is 0 Å². The SMILES string of the molecule is CCC(C)(NC(=O)OCC1c2ccccc2-c2ccccc21)C(=O)NC1(C)CCCCC1C(=O)O. The van der Waals surface area contributed by atoms with Gasteiger partial charge in [0.2, 0.25) is 5.91 Å². The summed E-state index contributed by atoms with van der Waals surface area (Å²) < 4.78 is 5.64.